The van der Waals surface area contributed by atoms with Crippen molar-refractivity contribution in [3.63, 3.8) is 0 Å². The first-order valence-corrected chi connectivity index (χ1v) is 9.34. The van der Waals surface area contributed by atoms with Gasteiger partial charge in [0, 0.05) is 23.8 Å². The molecule has 2 amide bonds. The van der Waals surface area contributed by atoms with E-state index < -0.39 is 0 Å². The zero-order chi connectivity index (χ0) is 20.9. The average Bonchev–Trinajstić information content (AvgIpc) is 3.16. The van der Waals surface area contributed by atoms with Crippen LogP contribution < -0.4 is 10.6 Å². The predicted octanol–water partition coefficient (Wildman–Crippen LogP) is 4.08. The highest BCUT2D eigenvalue weighted by Gasteiger charge is 2.15. The second-order valence-corrected chi connectivity index (χ2v) is 6.62. The molecule has 2 aromatic carbocycles. The monoisotopic (exact) mass is 397 g/mol. The van der Waals surface area contributed by atoms with Crippen LogP contribution in [-0.4, -0.2) is 26.6 Å². The van der Waals surface area contributed by atoms with Crippen LogP contribution in [0.25, 0.3) is 5.69 Å². The van der Waals surface area contributed by atoms with Gasteiger partial charge in [0.15, 0.2) is 0 Å². The third kappa shape index (κ3) is 4.10. The second kappa shape index (κ2) is 8.40. The van der Waals surface area contributed by atoms with Gasteiger partial charge in [0.25, 0.3) is 11.8 Å². The number of amides is 2. The summed E-state index contributed by atoms with van der Waals surface area (Å²) in [5.41, 5.74) is 3.68. The Bertz CT molecular complexity index is 1190. The molecule has 2 N–H and O–H groups in total. The van der Waals surface area contributed by atoms with Crippen molar-refractivity contribution in [2.45, 2.75) is 6.92 Å². The number of rotatable bonds is 5. The van der Waals surface area contributed by atoms with Gasteiger partial charge in [-0.25, -0.2) is 4.68 Å². The Morgan fingerprint density at radius 2 is 1.57 bits per heavy atom. The van der Waals surface area contributed by atoms with Crippen molar-refractivity contribution in [3.8, 4) is 5.69 Å². The van der Waals surface area contributed by atoms with Gasteiger partial charge in [0.05, 0.1) is 28.7 Å². The lowest BCUT2D eigenvalue weighted by Gasteiger charge is -2.09. The van der Waals surface area contributed by atoms with Gasteiger partial charge >= 0.3 is 0 Å². The molecule has 0 saturated heterocycles. The fourth-order valence-electron chi connectivity index (χ4n) is 3.04. The maximum absolute atomic E-state index is 12.8. The first-order chi connectivity index (χ1) is 14.6. The SMILES string of the molecule is Cc1c(C(=O)Nc2cccc(NC(=O)c3cccnc3)c2)cnn1-c1ccccc1. The van der Waals surface area contributed by atoms with Crippen molar-refractivity contribution >= 4 is 23.2 Å². The number of nitrogens with one attached hydrogen (secondary N) is 2. The Kier molecular flexibility index (Phi) is 5.34. The van der Waals surface area contributed by atoms with Crippen molar-refractivity contribution < 1.29 is 9.59 Å². The lowest BCUT2D eigenvalue weighted by Crippen LogP contribution is -2.14. The molecule has 2 heterocycles. The van der Waals surface area contributed by atoms with Crippen molar-refractivity contribution in [1.29, 1.82) is 0 Å². The fraction of sp³-hybridized carbons (Fsp3) is 0.0435. The van der Waals surface area contributed by atoms with Crippen LogP contribution in [0.3, 0.4) is 0 Å². The zero-order valence-electron chi connectivity index (χ0n) is 16.2. The summed E-state index contributed by atoms with van der Waals surface area (Å²) in [6.07, 6.45) is 4.65. The van der Waals surface area contributed by atoms with Crippen LogP contribution in [-0.2, 0) is 0 Å². The Labute approximate surface area is 173 Å². The van der Waals surface area contributed by atoms with Crippen molar-refractivity contribution in [2.24, 2.45) is 0 Å². The number of benzene rings is 2. The first-order valence-electron chi connectivity index (χ1n) is 9.34. The minimum Gasteiger partial charge on any atom is -0.322 e. The fourth-order valence-corrected chi connectivity index (χ4v) is 3.04. The molecule has 4 rings (SSSR count). The van der Waals surface area contributed by atoms with E-state index in [1.54, 1.807) is 53.5 Å². The number of para-hydroxylation sites is 1. The highest BCUT2D eigenvalue weighted by molar-refractivity contribution is 6.06. The molecule has 7 heteroatoms. The van der Waals surface area contributed by atoms with Gasteiger partial charge < -0.3 is 10.6 Å². The van der Waals surface area contributed by atoms with E-state index in [4.69, 9.17) is 0 Å². The summed E-state index contributed by atoms with van der Waals surface area (Å²) < 4.78 is 1.72. The molecule has 0 bridgehead atoms. The molecule has 0 aliphatic rings. The number of hydrogen-bond acceptors (Lipinski definition) is 4. The molecule has 148 valence electrons. The maximum atomic E-state index is 12.8. The Hall–Kier alpha value is -4.26. The smallest absolute Gasteiger partial charge is 0.259 e. The van der Waals surface area contributed by atoms with E-state index in [2.05, 4.69) is 20.7 Å². The summed E-state index contributed by atoms with van der Waals surface area (Å²) in [7, 11) is 0. The van der Waals surface area contributed by atoms with Crippen LogP contribution >= 0.6 is 0 Å². The highest BCUT2D eigenvalue weighted by atomic mass is 16.2. The van der Waals surface area contributed by atoms with Gasteiger partial charge in [-0.1, -0.05) is 24.3 Å². The zero-order valence-corrected chi connectivity index (χ0v) is 16.2. The molecule has 0 radical (unpaired) electrons. The van der Waals surface area contributed by atoms with E-state index in [1.807, 2.05) is 37.3 Å². The third-order valence-corrected chi connectivity index (χ3v) is 4.56. The Morgan fingerprint density at radius 1 is 0.833 bits per heavy atom. The van der Waals surface area contributed by atoms with Gasteiger partial charge in [-0.15, -0.1) is 0 Å². The summed E-state index contributed by atoms with van der Waals surface area (Å²) in [5.74, 6) is -0.544. The normalized spacial score (nSPS) is 10.4. The van der Waals surface area contributed by atoms with Crippen molar-refractivity contribution in [1.82, 2.24) is 14.8 Å². The minimum absolute atomic E-state index is 0.272. The summed E-state index contributed by atoms with van der Waals surface area (Å²) in [5, 5.41) is 10.00. The molecule has 30 heavy (non-hydrogen) atoms. The predicted molar refractivity (Wildman–Crippen MR) is 115 cm³/mol. The van der Waals surface area contributed by atoms with Gasteiger partial charge in [0.2, 0.25) is 0 Å². The Balaban J connectivity index is 1.49. The summed E-state index contributed by atoms with van der Waals surface area (Å²) in [6, 6.07) is 20.0. The molecule has 7 nitrogen and oxygen atoms in total. The average molecular weight is 397 g/mol. The van der Waals surface area contributed by atoms with E-state index in [9.17, 15) is 9.59 Å². The maximum Gasteiger partial charge on any atom is 0.259 e. The molecule has 0 aliphatic heterocycles. The van der Waals surface area contributed by atoms with Gasteiger partial charge in [-0.05, 0) is 49.4 Å². The molecule has 0 saturated carbocycles. The van der Waals surface area contributed by atoms with Crippen molar-refractivity contribution in [2.75, 3.05) is 10.6 Å². The molecule has 2 aromatic heterocycles. The van der Waals surface area contributed by atoms with E-state index >= 15 is 0 Å². The Morgan fingerprint density at radius 3 is 2.27 bits per heavy atom. The molecular weight excluding hydrogens is 378 g/mol. The molecule has 0 unspecified atom stereocenters. The number of hydrogen-bond donors (Lipinski definition) is 2. The number of carbonyl (C=O) groups is 2. The molecule has 4 aromatic rings. The summed E-state index contributed by atoms with van der Waals surface area (Å²) >= 11 is 0. The standard InChI is InChI=1S/C23H19N5O2/c1-16-21(15-25-28(16)20-10-3-2-4-11-20)23(30)27-19-9-5-8-18(13-19)26-22(29)17-7-6-12-24-14-17/h2-15H,1H3,(H,26,29)(H,27,30). The van der Waals surface area contributed by atoms with Crippen LogP contribution in [0.2, 0.25) is 0 Å². The number of carbonyl (C=O) groups excluding carboxylic acids is 2. The molecule has 0 aliphatic carbocycles. The molecule has 0 spiro atoms. The number of pyridine rings is 1. The lowest BCUT2D eigenvalue weighted by atomic mass is 10.2. The highest BCUT2D eigenvalue weighted by Crippen LogP contribution is 2.19. The molecule has 0 atom stereocenters. The first kappa shape index (κ1) is 19.1. The van der Waals surface area contributed by atoms with E-state index in [0.717, 1.165) is 11.4 Å². The van der Waals surface area contributed by atoms with Crippen LogP contribution in [0.5, 0.6) is 0 Å². The largest absolute Gasteiger partial charge is 0.322 e. The third-order valence-electron chi connectivity index (χ3n) is 4.56. The number of anilines is 2. The van der Waals surface area contributed by atoms with E-state index in [0.29, 0.717) is 22.5 Å². The van der Waals surface area contributed by atoms with Crippen molar-refractivity contribution in [3.05, 3.63) is 102 Å². The summed E-state index contributed by atoms with van der Waals surface area (Å²) in [4.78, 5) is 29.0. The number of aromatic nitrogens is 3. The van der Waals surface area contributed by atoms with Crippen LogP contribution in [0.4, 0.5) is 11.4 Å². The van der Waals surface area contributed by atoms with Gasteiger partial charge in [-0.2, -0.15) is 5.10 Å². The van der Waals surface area contributed by atoms with Crippen LogP contribution in [0.15, 0.2) is 85.3 Å². The topological polar surface area (TPSA) is 88.9 Å². The summed E-state index contributed by atoms with van der Waals surface area (Å²) in [6.45, 7) is 1.85. The van der Waals surface area contributed by atoms with Gasteiger partial charge in [-0.3, -0.25) is 14.6 Å². The minimum atomic E-state index is -0.273. The van der Waals surface area contributed by atoms with Crippen LogP contribution in [0.1, 0.15) is 26.4 Å². The van der Waals surface area contributed by atoms with Gasteiger partial charge in [0.1, 0.15) is 0 Å². The molecular formula is C23H19N5O2. The van der Waals surface area contributed by atoms with E-state index in [1.165, 1.54) is 6.20 Å². The quantitative estimate of drug-likeness (QED) is 0.531. The van der Waals surface area contributed by atoms with E-state index in [-0.39, 0.29) is 11.8 Å². The number of nitrogens with zero attached hydrogens (tertiary/aromatic N) is 3. The second-order valence-electron chi connectivity index (χ2n) is 6.62. The lowest BCUT2D eigenvalue weighted by molar-refractivity contribution is 0.101. The molecule has 0 fully saturated rings. The van der Waals surface area contributed by atoms with Crippen LogP contribution in [0, 0.1) is 6.92 Å².